The summed E-state index contributed by atoms with van der Waals surface area (Å²) in [5.74, 6) is 0.223. The van der Waals surface area contributed by atoms with Crippen LogP contribution in [-0.2, 0) is 10.0 Å². The van der Waals surface area contributed by atoms with E-state index < -0.39 is 10.0 Å². The van der Waals surface area contributed by atoms with Crippen LogP contribution < -0.4 is 10.0 Å². The van der Waals surface area contributed by atoms with Crippen LogP contribution in [0.15, 0.2) is 0 Å². The van der Waals surface area contributed by atoms with Gasteiger partial charge in [0.25, 0.3) is 0 Å². The first-order chi connectivity index (χ1) is 7.87. The zero-order valence-electron chi connectivity index (χ0n) is 11.3. The molecule has 1 atom stereocenters. The topological polar surface area (TPSA) is 58.2 Å². The molecule has 0 amide bonds. The van der Waals surface area contributed by atoms with E-state index in [0.717, 1.165) is 25.8 Å². The number of sulfonamides is 1. The highest BCUT2D eigenvalue weighted by atomic mass is 32.2. The molecule has 4 nitrogen and oxygen atoms in total. The molecule has 5 heteroatoms. The molecule has 1 rings (SSSR count). The van der Waals surface area contributed by atoms with Crippen molar-refractivity contribution in [3.8, 4) is 0 Å². The van der Waals surface area contributed by atoms with Crippen molar-refractivity contribution in [1.82, 2.24) is 10.0 Å². The summed E-state index contributed by atoms with van der Waals surface area (Å²) >= 11 is 0. The van der Waals surface area contributed by atoms with E-state index in [9.17, 15) is 8.42 Å². The number of nitrogens with one attached hydrogen (secondary N) is 2. The third-order valence-electron chi connectivity index (χ3n) is 3.67. The first-order valence-electron chi connectivity index (χ1n) is 6.52. The van der Waals surface area contributed by atoms with Crippen LogP contribution >= 0.6 is 0 Å². The average molecular weight is 262 g/mol. The minimum atomic E-state index is -3.11. The average Bonchev–Trinajstić information content (AvgIpc) is 2.21. The summed E-state index contributed by atoms with van der Waals surface area (Å²) in [5, 5.41) is 2.97. The summed E-state index contributed by atoms with van der Waals surface area (Å²) in [6.07, 6.45) is 5.09. The fourth-order valence-corrected chi connectivity index (χ4v) is 3.94. The Morgan fingerprint density at radius 1 is 1.29 bits per heavy atom. The fraction of sp³-hybridized carbons (Fsp3) is 1.00. The predicted molar refractivity (Wildman–Crippen MR) is 71.5 cm³/mol. The molecule has 0 aromatic heterocycles. The number of hydrogen-bond acceptors (Lipinski definition) is 3. The van der Waals surface area contributed by atoms with Gasteiger partial charge in [-0.2, -0.15) is 0 Å². The molecular formula is C12H26N2O2S. The molecule has 0 aromatic rings. The first kappa shape index (κ1) is 14.9. The molecule has 1 aliphatic carbocycles. The van der Waals surface area contributed by atoms with E-state index in [1.165, 1.54) is 6.42 Å². The molecule has 1 fully saturated rings. The van der Waals surface area contributed by atoms with Crippen molar-refractivity contribution in [2.24, 2.45) is 5.41 Å². The lowest BCUT2D eigenvalue weighted by Crippen LogP contribution is -2.47. The van der Waals surface area contributed by atoms with E-state index in [1.54, 1.807) is 0 Å². The lowest BCUT2D eigenvalue weighted by molar-refractivity contribution is 0.188. The Kier molecular flexibility index (Phi) is 5.41. The number of hydrogen-bond donors (Lipinski definition) is 2. The zero-order valence-corrected chi connectivity index (χ0v) is 12.1. The lowest BCUT2D eigenvalue weighted by Gasteiger charge is -2.38. The predicted octanol–water partition coefficient (Wildman–Crippen LogP) is 1.48. The molecule has 0 spiro atoms. The molecule has 1 aliphatic rings. The fourth-order valence-electron chi connectivity index (χ4n) is 2.43. The maximum Gasteiger partial charge on any atom is 0.211 e. The summed E-state index contributed by atoms with van der Waals surface area (Å²) in [7, 11) is -1.28. The standard InChI is InChI=1S/C12H26N2O2S/c1-12(2)8-5-4-7-11(12)14-17(15,16)10-6-9-13-3/h11,13-14H,4-10H2,1-3H3. The van der Waals surface area contributed by atoms with Crippen molar-refractivity contribution in [2.45, 2.75) is 52.0 Å². The molecule has 0 saturated heterocycles. The summed E-state index contributed by atoms with van der Waals surface area (Å²) in [5.41, 5.74) is 0.0916. The smallest absolute Gasteiger partial charge is 0.211 e. The van der Waals surface area contributed by atoms with Gasteiger partial charge in [-0.25, -0.2) is 13.1 Å². The van der Waals surface area contributed by atoms with Crippen molar-refractivity contribution in [2.75, 3.05) is 19.3 Å². The van der Waals surface area contributed by atoms with Crippen LogP contribution in [0, 0.1) is 5.41 Å². The largest absolute Gasteiger partial charge is 0.320 e. The first-order valence-corrected chi connectivity index (χ1v) is 8.17. The summed E-state index contributed by atoms with van der Waals surface area (Å²) in [6.45, 7) is 5.06. The maximum absolute atomic E-state index is 11.9. The molecule has 0 heterocycles. The molecule has 17 heavy (non-hydrogen) atoms. The van der Waals surface area contributed by atoms with Gasteiger partial charge in [0.05, 0.1) is 5.75 Å². The highest BCUT2D eigenvalue weighted by Gasteiger charge is 2.34. The third-order valence-corrected chi connectivity index (χ3v) is 5.14. The Balaban J connectivity index is 2.51. The maximum atomic E-state index is 11.9. The van der Waals surface area contributed by atoms with Crippen molar-refractivity contribution < 1.29 is 8.42 Å². The third kappa shape index (κ3) is 4.94. The highest BCUT2D eigenvalue weighted by Crippen LogP contribution is 2.35. The van der Waals surface area contributed by atoms with Gasteiger partial charge < -0.3 is 5.32 Å². The van der Waals surface area contributed by atoms with Gasteiger partial charge in [-0.1, -0.05) is 26.7 Å². The van der Waals surface area contributed by atoms with Crippen LogP contribution in [0.5, 0.6) is 0 Å². The Labute approximate surface area is 106 Å². The van der Waals surface area contributed by atoms with Crippen LogP contribution in [0.1, 0.15) is 46.0 Å². The quantitative estimate of drug-likeness (QED) is 0.713. The Morgan fingerprint density at radius 2 is 2.00 bits per heavy atom. The van der Waals surface area contributed by atoms with Gasteiger partial charge in [0.1, 0.15) is 0 Å². The van der Waals surface area contributed by atoms with Gasteiger partial charge in [0.2, 0.25) is 10.0 Å². The van der Waals surface area contributed by atoms with Gasteiger partial charge in [0.15, 0.2) is 0 Å². The summed E-state index contributed by atoms with van der Waals surface area (Å²) in [6, 6.07) is 0.107. The van der Waals surface area contributed by atoms with Gasteiger partial charge >= 0.3 is 0 Å². The lowest BCUT2D eigenvalue weighted by atomic mass is 9.74. The van der Waals surface area contributed by atoms with Crippen LogP contribution in [0.25, 0.3) is 0 Å². The van der Waals surface area contributed by atoms with Crippen molar-refractivity contribution >= 4 is 10.0 Å². The second-order valence-electron chi connectivity index (χ2n) is 5.68. The molecule has 2 N–H and O–H groups in total. The molecular weight excluding hydrogens is 236 g/mol. The van der Waals surface area contributed by atoms with Crippen LogP contribution in [0.3, 0.4) is 0 Å². The zero-order chi connectivity index (χ0) is 12.9. The normalized spacial score (nSPS) is 24.8. The molecule has 0 aliphatic heterocycles. The van der Waals surface area contributed by atoms with E-state index >= 15 is 0 Å². The Hall–Kier alpha value is -0.130. The second kappa shape index (κ2) is 6.16. The molecule has 102 valence electrons. The Morgan fingerprint density at radius 3 is 2.59 bits per heavy atom. The van der Waals surface area contributed by atoms with Crippen molar-refractivity contribution in [3.05, 3.63) is 0 Å². The van der Waals surface area contributed by atoms with E-state index in [-0.39, 0.29) is 17.2 Å². The molecule has 0 radical (unpaired) electrons. The molecule has 1 saturated carbocycles. The van der Waals surface area contributed by atoms with E-state index in [4.69, 9.17) is 0 Å². The van der Waals surface area contributed by atoms with Crippen molar-refractivity contribution in [1.29, 1.82) is 0 Å². The SMILES string of the molecule is CNCCCS(=O)(=O)NC1CCCCC1(C)C. The Bertz CT molecular complexity index is 325. The highest BCUT2D eigenvalue weighted by molar-refractivity contribution is 7.89. The minimum absolute atomic E-state index is 0.0916. The van der Waals surface area contributed by atoms with Gasteiger partial charge in [-0.3, -0.25) is 0 Å². The molecule has 0 bridgehead atoms. The van der Waals surface area contributed by atoms with Crippen LogP contribution in [0.4, 0.5) is 0 Å². The van der Waals surface area contributed by atoms with E-state index in [1.807, 2.05) is 7.05 Å². The molecule has 1 unspecified atom stereocenters. The van der Waals surface area contributed by atoms with Crippen LogP contribution in [-0.4, -0.2) is 33.8 Å². The van der Waals surface area contributed by atoms with E-state index in [0.29, 0.717) is 6.42 Å². The van der Waals surface area contributed by atoms with Gasteiger partial charge in [-0.15, -0.1) is 0 Å². The number of rotatable bonds is 6. The summed E-state index contributed by atoms with van der Waals surface area (Å²) < 4.78 is 26.7. The second-order valence-corrected chi connectivity index (χ2v) is 7.55. The van der Waals surface area contributed by atoms with Gasteiger partial charge in [0, 0.05) is 6.04 Å². The van der Waals surface area contributed by atoms with E-state index in [2.05, 4.69) is 23.9 Å². The van der Waals surface area contributed by atoms with Crippen molar-refractivity contribution in [3.63, 3.8) is 0 Å². The molecule has 0 aromatic carbocycles. The minimum Gasteiger partial charge on any atom is -0.320 e. The van der Waals surface area contributed by atoms with Gasteiger partial charge in [-0.05, 0) is 38.3 Å². The summed E-state index contributed by atoms with van der Waals surface area (Å²) in [4.78, 5) is 0. The van der Waals surface area contributed by atoms with Crippen LogP contribution in [0.2, 0.25) is 0 Å². The monoisotopic (exact) mass is 262 g/mol.